The highest BCUT2D eigenvalue weighted by atomic mass is 16.5. The van der Waals surface area contributed by atoms with Crippen LogP contribution in [0.25, 0.3) is 0 Å². The molecule has 0 atom stereocenters. The fraction of sp³-hybridized carbons (Fsp3) is 0.125. The van der Waals surface area contributed by atoms with E-state index < -0.39 is 23.6 Å². The molecule has 1 aliphatic heterocycles. The van der Waals surface area contributed by atoms with E-state index in [4.69, 9.17) is 9.47 Å². The number of hydrogen-bond donors (Lipinski definition) is 1. The monoisotopic (exact) mass is 431 g/mol. The van der Waals surface area contributed by atoms with E-state index in [-0.39, 0.29) is 0 Å². The third kappa shape index (κ3) is 3.74. The predicted octanol–water partition coefficient (Wildman–Crippen LogP) is 3.25. The van der Waals surface area contributed by atoms with Gasteiger partial charge in [-0.2, -0.15) is 0 Å². The molecule has 0 unspecified atom stereocenters. The van der Waals surface area contributed by atoms with Crippen molar-refractivity contribution < 1.29 is 23.9 Å². The predicted molar refractivity (Wildman–Crippen MR) is 120 cm³/mol. The van der Waals surface area contributed by atoms with Crippen LogP contribution >= 0.6 is 0 Å². The number of amides is 3. The van der Waals surface area contributed by atoms with Crippen molar-refractivity contribution >= 4 is 34.8 Å². The van der Waals surface area contributed by atoms with Gasteiger partial charge in [-0.05, 0) is 36.4 Å². The molecule has 4 rings (SSSR count). The molecule has 0 saturated carbocycles. The number of nitrogens with zero attached hydrogens (tertiary/aromatic N) is 2. The molecule has 1 saturated heterocycles. The first-order valence-electron chi connectivity index (χ1n) is 9.86. The smallest absolute Gasteiger partial charge is 0.268 e. The van der Waals surface area contributed by atoms with Crippen molar-refractivity contribution in [3.8, 4) is 11.5 Å². The molecule has 0 spiro atoms. The third-order valence-electron chi connectivity index (χ3n) is 5.04. The van der Waals surface area contributed by atoms with Crippen LogP contribution < -0.4 is 24.8 Å². The van der Waals surface area contributed by atoms with Crippen LogP contribution in [0.5, 0.6) is 11.5 Å². The SMILES string of the molecule is COc1ccc(OC)c(NC(=O)C2C(=O)N(c3ccccc3)N(c3ccccc3)C2=O)c1. The zero-order chi connectivity index (χ0) is 22.7. The summed E-state index contributed by atoms with van der Waals surface area (Å²) in [5.74, 6) is -2.76. The Balaban J connectivity index is 1.71. The maximum absolute atomic E-state index is 13.4. The molecule has 3 amide bonds. The Morgan fingerprint density at radius 2 is 1.31 bits per heavy atom. The first kappa shape index (κ1) is 20.9. The number of hydrazine groups is 1. The van der Waals surface area contributed by atoms with Gasteiger partial charge in [-0.15, -0.1) is 0 Å². The summed E-state index contributed by atoms with van der Waals surface area (Å²) in [4.78, 5) is 39.9. The first-order valence-corrected chi connectivity index (χ1v) is 9.86. The molecule has 1 N–H and O–H groups in total. The Labute approximate surface area is 184 Å². The van der Waals surface area contributed by atoms with Crippen molar-refractivity contribution in [3.63, 3.8) is 0 Å². The second-order valence-electron chi connectivity index (χ2n) is 6.96. The second kappa shape index (κ2) is 8.81. The molecule has 0 bridgehead atoms. The molecule has 162 valence electrons. The van der Waals surface area contributed by atoms with Crippen molar-refractivity contribution in [1.82, 2.24) is 0 Å². The van der Waals surface area contributed by atoms with E-state index >= 15 is 0 Å². The van der Waals surface area contributed by atoms with Crippen LogP contribution in [-0.4, -0.2) is 31.9 Å². The highest BCUT2D eigenvalue weighted by molar-refractivity contribution is 6.34. The Kier molecular flexibility index (Phi) is 5.76. The van der Waals surface area contributed by atoms with E-state index in [1.54, 1.807) is 78.9 Å². The summed E-state index contributed by atoms with van der Waals surface area (Å²) in [6, 6.07) is 22.3. The lowest BCUT2D eigenvalue weighted by Gasteiger charge is -2.27. The van der Waals surface area contributed by atoms with Gasteiger partial charge in [0.05, 0.1) is 31.3 Å². The number of para-hydroxylation sites is 2. The van der Waals surface area contributed by atoms with Crippen LogP contribution in [0.4, 0.5) is 17.1 Å². The Bertz CT molecular complexity index is 1090. The number of methoxy groups -OCH3 is 2. The molecule has 0 aromatic heterocycles. The minimum absolute atomic E-state index is 0.293. The number of rotatable bonds is 6. The fourth-order valence-corrected chi connectivity index (χ4v) is 3.51. The largest absolute Gasteiger partial charge is 0.497 e. The van der Waals surface area contributed by atoms with Crippen LogP contribution in [0.2, 0.25) is 0 Å². The highest BCUT2D eigenvalue weighted by Crippen LogP contribution is 2.34. The molecular weight excluding hydrogens is 410 g/mol. The molecule has 0 radical (unpaired) electrons. The molecule has 8 heteroatoms. The molecule has 8 nitrogen and oxygen atoms in total. The van der Waals surface area contributed by atoms with Gasteiger partial charge < -0.3 is 14.8 Å². The van der Waals surface area contributed by atoms with Gasteiger partial charge in [0.1, 0.15) is 11.5 Å². The van der Waals surface area contributed by atoms with Crippen molar-refractivity contribution in [2.24, 2.45) is 5.92 Å². The van der Waals surface area contributed by atoms with E-state index in [1.807, 2.05) is 0 Å². The van der Waals surface area contributed by atoms with Crippen LogP contribution in [0.1, 0.15) is 0 Å². The summed E-state index contributed by atoms with van der Waals surface area (Å²) >= 11 is 0. The van der Waals surface area contributed by atoms with Crippen molar-refractivity contribution in [2.45, 2.75) is 0 Å². The average Bonchev–Trinajstić information content (AvgIpc) is 3.10. The van der Waals surface area contributed by atoms with Gasteiger partial charge in [0.2, 0.25) is 5.91 Å². The Morgan fingerprint density at radius 1 is 0.781 bits per heavy atom. The molecule has 3 aromatic rings. The van der Waals surface area contributed by atoms with Crippen molar-refractivity contribution in [1.29, 1.82) is 0 Å². The molecular formula is C24H21N3O5. The first-order chi connectivity index (χ1) is 15.5. The van der Waals surface area contributed by atoms with Crippen LogP contribution in [0, 0.1) is 5.92 Å². The molecule has 0 aliphatic carbocycles. The maximum Gasteiger partial charge on any atom is 0.268 e. The van der Waals surface area contributed by atoms with Crippen LogP contribution in [-0.2, 0) is 14.4 Å². The third-order valence-corrected chi connectivity index (χ3v) is 5.04. The maximum atomic E-state index is 13.4. The van der Waals surface area contributed by atoms with E-state index in [0.717, 1.165) is 0 Å². The van der Waals surface area contributed by atoms with E-state index in [2.05, 4.69) is 5.32 Å². The van der Waals surface area contributed by atoms with Gasteiger partial charge >= 0.3 is 0 Å². The van der Waals surface area contributed by atoms with Gasteiger partial charge in [0.25, 0.3) is 11.8 Å². The van der Waals surface area contributed by atoms with Crippen molar-refractivity contribution in [3.05, 3.63) is 78.9 Å². The number of anilines is 3. The van der Waals surface area contributed by atoms with E-state index in [9.17, 15) is 14.4 Å². The summed E-state index contributed by atoms with van der Waals surface area (Å²) in [6.45, 7) is 0. The number of ether oxygens (including phenoxy) is 2. The Morgan fingerprint density at radius 3 is 1.78 bits per heavy atom. The highest BCUT2D eigenvalue weighted by Gasteiger charge is 2.51. The van der Waals surface area contributed by atoms with Crippen LogP contribution in [0.3, 0.4) is 0 Å². The van der Waals surface area contributed by atoms with E-state index in [1.165, 1.54) is 24.2 Å². The quantitative estimate of drug-likeness (QED) is 0.606. The summed E-state index contributed by atoms with van der Waals surface area (Å²) < 4.78 is 10.5. The molecule has 3 aromatic carbocycles. The number of benzene rings is 3. The normalized spacial score (nSPS) is 13.9. The van der Waals surface area contributed by atoms with Crippen LogP contribution in [0.15, 0.2) is 78.9 Å². The van der Waals surface area contributed by atoms with Gasteiger partial charge in [-0.3, -0.25) is 14.4 Å². The Hall–Kier alpha value is -4.33. The lowest BCUT2D eigenvalue weighted by Crippen LogP contribution is -2.41. The molecule has 1 fully saturated rings. The van der Waals surface area contributed by atoms with Gasteiger partial charge in [-0.1, -0.05) is 36.4 Å². The summed E-state index contributed by atoms with van der Waals surface area (Å²) in [5.41, 5.74) is 1.25. The summed E-state index contributed by atoms with van der Waals surface area (Å²) in [5, 5.41) is 5.10. The van der Waals surface area contributed by atoms with E-state index in [0.29, 0.717) is 28.6 Å². The molecule has 1 aliphatic rings. The number of hydrogen-bond acceptors (Lipinski definition) is 5. The standard InChI is InChI=1S/C24H21N3O5/c1-31-18-13-14-20(32-2)19(15-18)25-22(28)21-23(29)26(16-9-5-3-6-10-16)27(24(21)30)17-11-7-4-8-12-17/h3-15,21H,1-2H3,(H,25,28). The lowest BCUT2D eigenvalue weighted by molar-refractivity contribution is -0.134. The number of carbonyl (C=O) groups is 3. The summed E-state index contributed by atoms with van der Waals surface area (Å²) in [6.07, 6.45) is 0. The molecule has 32 heavy (non-hydrogen) atoms. The summed E-state index contributed by atoms with van der Waals surface area (Å²) in [7, 11) is 2.95. The van der Waals surface area contributed by atoms with Gasteiger partial charge in [0.15, 0.2) is 5.92 Å². The zero-order valence-corrected chi connectivity index (χ0v) is 17.5. The van der Waals surface area contributed by atoms with Gasteiger partial charge in [-0.25, -0.2) is 10.0 Å². The van der Waals surface area contributed by atoms with Crippen molar-refractivity contribution in [2.75, 3.05) is 29.6 Å². The minimum atomic E-state index is -1.56. The number of nitrogens with one attached hydrogen (secondary N) is 1. The second-order valence-corrected chi connectivity index (χ2v) is 6.96. The lowest BCUT2D eigenvalue weighted by atomic mass is 10.1. The number of carbonyl (C=O) groups excluding carboxylic acids is 3. The molecule has 1 heterocycles. The van der Waals surface area contributed by atoms with Gasteiger partial charge in [0, 0.05) is 6.07 Å². The minimum Gasteiger partial charge on any atom is -0.497 e. The topological polar surface area (TPSA) is 88.2 Å². The average molecular weight is 431 g/mol. The zero-order valence-electron chi connectivity index (χ0n) is 17.5. The fourth-order valence-electron chi connectivity index (χ4n) is 3.51.